The first kappa shape index (κ1) is 11.0. The Hall–Kier alpha value is -1.46. The molecule has 0 bridgehead atoms. The van der Waals surface area contributed by atoms with Crippen molar-refractivity contribution in [3.63, 3.8) is 0 Å². The van der Waals surface area contributed by atoms with Crippen molar-refractivity contribution in [2.24, 2.45) is 7.05 Å². The van der Waals surface area contributed by atoms with Crippen LogP contribution in [0, 0.1) is 0 Å². The zero-order chi connectivity index (χ0) is 11.7. The summed E-state index contributed by atoms with van der Waals surface area (Å²) >= 11 is 6.14. The SMILES string of the molecule is CC(O)c1nn(C)c(-c2ncccn2)c1Cl. The van der Waals surface area contributed by atoms with Gasteiger partial charge in [-0.15, -0.1) is 0 Å². The highest BCUT2D eigenvalue weighted by Crippen LogP contribution is 2.30. The van der Waals surface area contributed by atoms with E-state index in [1.807, 2.05) is 0 Å². The van der Waals surface area contributed by atoms with Gasteiger partial charge in [-0.1, -0.05) is 11.6 Å². The Labute approximate surface area is 97.7 Å². The number of hydrogen-bond acceptors (Lipinski definition) is 4. The minimum Gasteiger partial charge on any atom is -0.387 e. The normalized spacial score (nSPS) is 12.8. The van der Waals surface area contributed by atoms with E-state index in [-0.39, 0.29) is 0 Å². The summed E-state index contributed by atoms with van der Waals surface area (Å²) in [6.45, 7) is 1.61. The second kappa shape index (κ2) is 4.19. The van der Waals surface area contributed by atoms with Gasteiger partial charge in [-0.2, -0.15) is 5.10 Å². The Morgan fingerprint density at radius 3 is 2.50 bits per heavy atom. The van der Waals surface area contributed by atoms with Crippen LogP contribution < -0.4 is 0 Å². The van der Waals surface area contributed by atoms with Crippen LogP contribution in [0.15, 0.2) is 18.5 Å². The van der Waals surface area contributed by atoms with Crippen LogP contribution in [-0.4, -0.2) is 24.9 Å². The predicted octanol–water partition coefficient (Wildman–Crippen LogP) is 1.58. The van der Waals surface area contributed by atoms with E-state index in [1.165, 1.54) is 0 Å². The summed E-state index contributed by atoms with van der Waals surface area (Å²) in [5, 5.41) is 14.0. The first-order chi connectivity index (χ1) is 7.61. The largest absolute Gasteiger partial charge is 0.387 e. The van der Waals surface area contributed by atoms with E-state index in [1.54, 1.807) is 37.1 Å². The molecule has 0 aromatic carbocycles. The molecule has 0 saturated carbocycles. The minimum absolute atomic E-state index is 0.392. The number of aromatic nitrogens is 4. The number of rotatable bonds is 2. The molecule has 2 aromatic rings. The number of halogens is 1. The monoisotopic (exact) mass is 238 g/mol. The Morgan fingerprint density at radius 1 is 1.38 bits per heavy atom. The molecule has 2 aromatic heterocycles. The van der Waals surface area contributed by atoms with Gasteiger partial charge in [0.2, 0.25) is 0 Å². The first-order valence-corrected chi connectivity index (χ1v) is 5.17. The molecule has 1 unspecified atom stereocenters. The lowest BCUT2D eigenvalue weighted by Gasteiger charge is -2.00. The van der Waals surface area contributed by atoms with Crippen molar-refractivity contribution >= 4 is 11.6 Å². The third kappa shape index (κ3) is 1.79. The summed E-state index contributed by atoms with van der Waals surface area (Å²) in [6.07, 6.45) is 2.55. The maximum absolute atomic E-state index is 9.49. The Kier molecular flexibility index (Phi) is 2.89. The number of aryl methyl sites for hydroxylation is 1. The summed E-state index contributed by atoms with van der Waals surface area (Å²) in [5.74, 6) is 0.495. The smallest absolute Gasteiger partial charge is 0.179 e. The second-order valence-corrected chi connectivity index (χ2v) is 3.80. The fourth-order valence-corrected chi connectivity index (χ4v) is 1.85. The Morgan fingerprint density at radius 2 is 2.00 bits per heavy atom. The maximum Gasteiger partial charge on any atom is 0.179 e. The summed E-state index contributed by atoms with van der Waals surface area (Å²) in [4.78, 5) is 8.21. The molecule has 0 aliphatic rings. The van der Waals surface area contributed by atoms with Crippen molar-refractivity contribution in [1.29, 1.82) is 0 Å². The Balaban J connectivity index is 2.58. The molecular formula is C10H11ClN4O. The van der Waals surface area contributed by atoms with Gasteiger partial charge in [-0.05, 0) is 13.0 Å². The lowest BCUT2D eigenvalue weighted by Crippen LogP contribution is -1.98. The average Bonchev–Trinajstić information content (AvgIpc) is 2.56. The van der Waals surface area contributed by atoms with Gasteiger partial charge in [-0.3, -0.25) is 4.68 Å². The summed E-state index contributed by atoms with van der Waals surface area (Å²) in [6, 6.07) is 1.73. The molecule has 1 atom stereocenters. The van der Waals surface area contributed by atoms with E-state index in [4.69, 9.17) is 11.6 Å². The van der Waals surface area contributed by atoms with Gasteiger partial charge in [0.15, 0.2) is 5.82 Å². The zero-order valence-electron chi connectivity index (χ0n) is 8.92. The van der Waals surface area contributed by atoms with Crippen LogP contribution in [-0.2, 0) is 7.05 Å². The molecule has 16 heavy (non-hydrogen) atoms. The lowest BCUT2D eigenvalue weighted by atomic mass is 10.2. The van der Waals surface area contributed by atoms with Gasteiger partial charge in [-0.25, -0.2) is 9.97 Å². The summed E-state index contributed by atoms with van der Waals surface area (Å²) in [7, 11) is 1.74. The maximum atomic E-state index is 9.49. The molecule has 0 spiro atoms. The highest BCUT2D eigenvalue weighted by atomic mass is 35.5. The molecule has 1 N–H and O–H groups in total. The summed E-state index contributed by atoms with van der Waals surface area (Å²) in [5.41, 5.74) is 1.05. The van der Waals surface area contributed by atoms with Crippen molar-refractivity contribution in [3.05, 3.63) is 29.2 Å². The van der Waals surface area contributed by atoms with E-state index < -0.39 is 6.10 Å². The molecule has 0 amide bonds. The quantitative estimate of drug-likeness (QED) is 0.863. The van der Waals surface area contributed by atoms with Crippen molar-refractivity contribution in [1.82, 2.24) is 19.7 Å². The fourth-order valence-electron chi connectivity index (χ4n) is 1.45. The van der Waals surface area contributed by atoms with Crippen LogP contribution in [0.1, 0.15) is 18.7 Å². The Bertz CT molecular complexity index is 495. The van der Waals surface area contributed by atoms with Gasteiger partial charge < -0.3 is 5.11 Å². The fraction of sp³-hybridized carbons (Fsp3) is 0.300. The molecule has 5 nitrogen and oxygen atoms in total. The molecule has 84 valence electrons. The third-order valence-corrected chi connectivity index (χ3v) is 2.56. The molecule has 0 aliphatic carbocycles. The predicted molar refractivity (Wildman–Crippen MR) is 59.9 cm³/mol. The third-order valence-electron chi connectivity index (χ3n) is 2.19. The van der Waals surface area contributed by atoms with E-state index in [0.717, 1.165) is 0 Å². The minimum atomic E-state index is -0.712. The highest BCUT2D eigenvalue weighted by molar-refractivity contribution is 6.33. The van der Waals surface area contributed by atoms with Crippen molar-refractivity contribution in [3.8, 4) is 11.5 Å². The van der Waals surface area contributed by atoms with Crippen LogP contribution in [0.2, 0.25) is 5.02 Å². The molecule has 2 heterocycles. The zero-order valence-corrected chi connectivity index (χ0v) is 9.68. The van der Waals surface area contributed by atoms with Gasteiger partial charge in [0.25, 0.3) is 0 Å². The molecular weight excluding hydrogens is 228 g/mol. The molecule has 0 radical (unpaired) electrons. The van der Waals surface area contributed by atoms with Crippen molar-refractivity contribution < 1.29 is 5.11 Å². The van der Waals surface area contributed by atoms with E-state index in [9.17, 15) is 5.11 Å². The van der Waals surface area contributed by atoms with E-state index in [0.29, 0.717) is 22.2 Å². The van der Waals surface area contributed by atoms with Crippen LogP contribution in [0.4, 0.5) is 0 Å². The van der Waals surface area contributed by atoms with Crippen LogP contribution in [0.25, 0.3) is 11.5 Å². The van der Waals surface area contributed by atoms with Crippen LogP contribution in [0.5, 0.6) is 0 Å². The van der Waals surface area contributed by atoms with Gasteiger partial charge in [0.1, 0.15) is 11.4 Å². The van der Waals surface area contributed by atoms with Crippen LogP contribution >= 0.6 is 11.6 Å². The van der Waals surface area contributed by atoms with Gasteiger partial charge in [0.05, 0.1) is 11.1 Å². The standard InChI is InChI=1S/C10H11ClN4O/c1-6(16)8-7(11)9(15(2)14-8)10-12-4-3-5-13-10/h3-6,16H,1-2H3. The first-order valence-electron chi connectivity index (χ1n) is 4.79. The average molecular weight is 239 g/mol. The molecule has 0 fully saturated rings. The van der Waals surface area contributed by atoms with Crippen LogP contribution in [0.3, 0.4) is 0 Å². The van der Waals surface area contributed by atoms with Crippen molar-refractivity contribution in [2.75, 3.05) is 0 Å². The van der Waals surface area contributed by atoms with Crippen molar-refractivity contribution in [2.45, 2.75) is 13.0 Å². The molecule has 6 heteroatoms. The molecule has 0 saturated heterocycles. The number of nitrogens with zero attached hydrogens (tertiary/aromatic N) is 4. The number of aliphatic hydroxyl groups excluding tert-OH is 1. The molecule has 0 aliphatic heterocycles. The summed E-state index contributed by atoms with van der Waals surface area (Å²) < 4.78 is 1.57. The van der Waals surface area contributed by atoms with Gasteiger partial charge in [0, 0.05) is 19.4 Å². The highest BCUT2D eigenvalue weighted by Gasteiger charge is 2.20. The van der Waals surface area contributed by atoms with E-state index in [2.05, 4.69) is 15.1 Å². The molecule has 2 rings (SSSR count). The second-order valence-electron chi connectivity index (χ2n) is 3.42. The number of aliphatic hydroxyl groups is 1. The lowest BCUT2D eigenvalue weighted by molar-refractivity contribution is 0.193. The number of hydrogen-bond donors (Lipinski definition) is 1. The van der Waals surface area contributed by atoms with Gasteiger partial charge >= 0.3 is 0 Å². The topological polar surface area (TPSA) is 63.8 Å². The van der Waals surface area contributed by atoms with E-state index >= 15 is 0 Å².